The van der Waals surface area contributed by atoms with Crippen molar-refractivity contribution in [3.63, 3.8) is 0 Å². The topological polar surface area (TPSA) is 53.1 Å². The molecule has 2 heterocycles. The third-order valence-electron chi connectivity index (χ3n) is 5.27. The summed E-state index contributed by atoms with van der Waals surface area (Å²) in [5.41, 5.74) is 0.634. The number of halogens is 3. The molecule has 0 aromatic heterocycles. The molecule has 2 aliphatic rings. The fourth-order valence-electron chi connectivity index (χ4n) is 3.73. The Morgan fingerprint density at radius 2 is 1.45 bits per heavy atom. The molecule has 0 N–H and O–H groups in total. The van der Waals surface area contributed by atoms with Crippen molar-refractivity contribution in [3.05, 3.63) is 29.8 Å². The van der Waals surface area contributed by atoms with Crippen LogP contribution >= 0.6 is 0 Å². The summed E-state index contributed by atoms with van der Waals surface area (Å²) in [6, 6.07) is 5.37. The number of carbonyl (C=O) groups excluding carboxylic acids is 2. The van der Waals surface area contributed by atoms with Crippen molar-refractivity contribution >= 4 is 11.8 Å². The van der Waals surface area contributed by atoms with Gasteiger partial charge in [-0.3, -0.25) is 14.5 Å². The average molecular weight is 413 g/mol. The Bertz CT molecular complexity index is 703. The molecule has 2 aliphatic heterocycles. The molecule has 2 fully saturated rings. The molecule has 0 bridgehead atoms. The van der Waals surface area contributed by atoms with Crippen LogP contribution in [0.2, 0.25) is 0 Å². The third-order valence-corrected chi connectivity index (χ3v) is 5.27. The number of alkyl halides is 3. The number of hydrogen-bond donors (Lipinski definition) is 0. The van der Waals surface area contributed by atoms with E-state index in [0.717, 1.165) is 38.9 Å². The molecule has 6 nitrogen and oxygen atoms in total. The van der Waals surface area contributed by atoms with Crippen molar-refractivity contribution < 1.29 is 27.5 Å². The van der Waals surface area contributed by atoms with Crippen LogP contribution in [0.4, 0.5) is 13.2 Å². The number of hydrogen-bond acceptors (Lipinski definition) is 4. The summed E-state index contributed by atoms with van der Waals surface area (Å²) in [4.78, 5) is 30.7. The van der Waals surface area contributed by atoms with E-state index in [1.807, 2.05) is 4.90 Å². The zero-order valence-corrected chi connectivity index (χ0v) is 16.3. The molecule has 0 spiro atoms. The van der Waals surface area contributed by atoms with Crippen molar-refractivity contribution in [1.29, 1.82) is 0 Å². The normalized spacial score (nSPS) is 18.6. The number of ether oxygens (including phenoxy) is 1. The van der Waals surface area contributed by atoms with Gasteiger partial charge in [-0.05, 0) is 37.0 Å². The third kappa shape index (κ3) is 6.62. The van der Waals surface area contributed by atoms with Crippen LogP contribution in [0, 0.1) is 0 Å². The number of rotatable bonds is 5. The van der Waals surface area contributed by atoms with Crippen LogP contribution in [0.1, 0.15) is 24.8 Å². The van der Waals surface area contributed by atoms with Gasteiger partial charge >= 0.3 is 6.36 Å². The summed E-state index contributed by atoms with van der Waals surface area (Å²) in [5, 5.41) is 0. The lowest BCUT2D eigenvalue weighted by atomic mass is 10.1. The zero-order valence-electron chi connectivity index (χ0n) is 16.3. The van der Waals surface area contributed by atoms with Crippen LogP contribution in [0.3, 0.4) is 0 Å². The first-order chi connectivity index (χ1) is 13.8. The quantitative estimate of drug-likeness (QED) is 0.743. The molecule has 0 saturated carbocycles. The van der Waals surface area contributed by atoms with Gasteiger partial charge in [0.15, 0.2) is 0 Å². The van der Waals surface area contributed by atoms with E-state index in [9.17, 15) is 22.8 Å². The van der Waals surface area contributed by atoms with E-state index in [4.69, 9.17) is 0 Å². The Hall–Kier alpha value is -2.29. The predicted octanol–water partition coefficient (Wildman–Crippen LogP) is 2.28. The van der Waals surface area contributed by atoms with Gasteiger partial charge in [0, 0.05) is 39.3 Å². The van der Waals surface area contributed by atoms with E-state index in [0.29, 0.717) is 31.7 Å². The molecule has 1 aromatic carbocycles. The largest absolute Gasteiger partial charge is 0.573 e. The number of likely N-dealkylation sites (tertiary alicyclic amines) is 1. The highest BCUT2D eigenvalue weighted by Gasteiger charge is 2.31. The summed E-state index contributed by atoms with van der Waals surface area (Å²) in [5.74, 6) is -0.215. The second-order valence-corrected chi connectivity index (χ2v) is 7.47. The van der Waals surface area contributed by atoms with Crippen LogP contribution < -0.4 is 4.74 Å². The monoisotopic (exact) mass is 413 g/mol. The molecule has 1 aromatic rings. The van der Waals surface area contributed by atoms with E-state index >= 15 is 0 Å². The summed E-state index contributed by atoms with van der Waals surface area (Å²) in [6.07, 6.45) is -1.68. The molecule has 0 aliphatic carbocycles. The zero-order chi connectivity index (χ0) is 20.9. The Morgan fingerprint density at radius 3 is 2.10 bits per heavy atom. The Balaban J connectivity index is 1.47. The fraction of sp³-hybridized carbons (Fsp3) is 0.600. The summed E-state index contributed by atoms with van der Waals surface area (Å²) >= 11 is 0. The van der Waals surface area contributed by atoms with Gasteiger partial charge < -0.3 is 14.5 Å². The number of nitrogens with zero attached hydrogens (tertiary/aromatic N) is 3. The highest BCUT2D eigenvalue weighted by Crippen LogP contribution is 2.23. The minimum atomic E-state index is -4.73. The van der Waals surface area contributed by atoms with Crippen molar-refractivity contribution in [3.8, 4) is 5.75 Å². The summed E-state index contributed by atoms with van der Waals surface area (Å²) < 4.78 is 40.5. The smallest absolute Gasteiger partial charge is 0.406 e. The highest BCUT2D eigenvalue weighted by atomic mass is 19.4. The van der Waals surface area contributed by atoms with Gasteiger partial charge in [0.1, 0.15) is 5.75 Å². The van der Waals surface area contributed by atoms with Gasteiger partial charge in [-0.25, -0.2) is 0 Å². The van der Waals surface area contributed by atoms with Crippen LogP contribution in [0.25, 0.3) is 0 Å². The van der Waals surface area contributed by atoms with Gasteiger partial charge in [-0.1, -0.05) is 12.1 Å². The first kappa shape index (κ1) is 21.4. The summed E-state index contributed by atoms with van der Waals surface area (Å²) in [7, 11) is 0. The van der Waals surface area contributed by atoms with E-state index < -0.39 is 6.36 Å². The minimum Gasteiger partial charge on any atom is -0.406 e. The summed E-state index contributed by atoms with van der Waals surface area (Å²) in [6.45, 7) is 4.64. The van der Waals surface area contributed by atoms with E-state index in [-0.39, 0.29) is 24.0 Å². The van der Waals surface area contributed by atoms with Gasteiger partial charge in [-0.15, -0.1) is 13.2 Å². The van der Waals surface area contributed by atoms with E-state index in [1.54, 1.807) is 4.90 Å². The van der Waals surface area contributed by atoms with Crippen LogP contribution in [0.5, 0.6) is 5.75 Å². The molecule has 3 rings (SSSR count). The molecular weight excluding hydrogens is 387 g/mol. The van der Waals surface area contributed by atoms with E-state index in [1.165, 1.54) is 24.3 Å². The SMILES string of the molecule is O=C(Cc1ccc(OC(F)(F)F)cc1)N1CCCN(CC(=O)N2CCCC2)CC1. The number of amides is 2. The van der Waals surface area contributed by atoms with Crippen LogP contribution in [0.15, 0.2) is 24.3 Å². The van der Waals surface area contributed by atoms with Gasteiger partial charge in [0.05, 0.1) is 13.0 Å². The molecule has 9 heteroatoms. The second kappa shape index (κ2) is 9.47. The van der Waals surface area contributed by atoms with Gasteiger partial charge in [0.25, 0.3) is 0 Å². The Labute approximate surface area is 168 Å². The Morgan fingerprint density at radius 1 is 0.828 bits per heavy atom. The van der Waals surface area contributed by atoms with Crippen LogP contribution in [-0.4, -0.2) is 78.7 Å². The number of carbonyl (C=O) groups is 2. The van der Waals surface area contributed by atoms with E-state index in [2.05, 4.69) is 9.64 Å². The van der Waals surface area contributed by atoms with Crippen molar-refractivity contribution in [2.75, 3.05) is 45.8 Å². The molecule has 29 heavy (non-hydrogen) atoms. The van der Waals surface area contributed by atoms with Crippen molar-refractivity contribution in [2.45, 2.75) is 32.0 Å². The molecular formula is C20H26F3N3O3. The first-order valence-electron chi connectivity index (χ1n) is 9.93. The maximum absolute atomic E-state index is 12.6. The van der Waals surface area contributed by atoms with Crippen molar-refractivity contribution in [2.24, 2.45) is 0 Å². The average Bonchev–Trinajstić information content (AvgIpc) is 3.09. The molecule has 0 radical (unpaired) electrons. The maximum Gasteiger partial charge on any atom is 0.573 e. The lowest BCUT2D eigenvalue weighted by Gasteiger charge is -2.24. The predicted molar refractivity (Wildman–Crippen MR) is 100 cm³/mol. The molecule has 0 atom stereocenters. The molecule has 2 amide bonds. The number of benzene rings is 1. The maximum atomic E-state index is 12.6. The minimum absolute atomic E-state index is 0.0674. The van der Waals surface area contributed by atoms with Gasteiger partial charge in [0.2, 0.25) is 11.8 Å². The fourth-order valence-corrected chi connectivity index (χ4v) is 3.73. The lowest BCUT2D eigenvalue weighted by Crippen LogP contribution is -2.41. The second-order valence-electron chi connectivity index (χ2n) is 7.47. The van der Waals surface area contributed by atoms with Crippen molar-refractivity contribution in [1.82, 2.24) is 14.7 Å². The molecule has 2 saturated heterocycles. The Kier molecular flexibility index (Phi) is 7.00. The highest BCUT2D eigenvalue weighted by molar-refractivity contribution is 5.79. The van der Waals surface area contributed by atoms with Crippen LogP contribution in [-0.2, 0) is 16.0 Å². The molecule has 0 unspecified atom stereocenters. The molecule has 160 valence electrons. The first-order valence-corrected chi connectivity index (χ1v) is 9.93. The van der Waals surface area contributed by atoms with Gasteiger partial charge in [-0.2, -0.15) is 0 Å². The standard InChI is InChI=1S/C20H26F3N3O3/c21-20(22,23)29-17-6-4-16(5-7-17)14-18(27)26-11-3-8-24(12-13-26)15-19(28)25-9-1-2-10-25/h4-7H,1-3,8-15H2. The lowest BCUT2D eigenvalue weighted by molar-refractivity contribution is -0.274.